The van der Waals surface area contributed by atoms with Gasteiger partial charge in [-0.25, -0.2) is 13.1 Å². The SMILES string of the molecule is CCC(CSC)NS(=O)(=O)c1cc(CNC(C)C)oc1Br. The number of thioether (sulfide) groups is 1. The van der Waals surface area contributed by atoms with Gasteiger partial charge in [0.1, 0.15) is 10.7 Å². The molecule has 1 heterocycles. The standard InChI is InChI=1S/C13H23BrN2O3S2/c1-5-10(8-20-4)16-21(17,18)12-6-11(19-13(12)14)7-15-9(2)3/h6,9-10,15-16H,5,7-8H2,1-4H3. The number of rotatable bonds is 9. The molecule has 0 bridgehead atoms. The Morgan fingerprint density at radius 2 is 2.10 bits per heavy atom. The molecule has 0 aliphatic heterocycles. The molecule has 0 amide bonds. The van der Waals surface area contributed by atoms with Crippen LogP contribution in [0.25, 0.3) is 0 Å². The molecule has 122 valence electrons. The quantitative estimate of drug-likeness (QED) is 0.668. The Labute approximate surface area is 139 Å². The number of sulfonamides is 1. The third kappa shape index (κ3) is 5.94. The highest BCUT2D eigenvalue weighted by molar-refractivity contribution is 9.10. The van der Waals surface area contributed by atoms with Gasteiger partial charge in [-0.3, -0.25) is 0 Å². The van der Waals surface area contributed by atoms with Gasteiger partial charge in [-0.1, -0.05) is 20.8 Å². The molecule has 1 rings (SSSR count). The van der Waals surface area contributed by atoms with Crippen molar-refractivity contribution in [2.45, 2.75) is 50.7 Å². The molecule has 1 unspecified atom stereocenters. The highest BCUT2D eigenvalue weighted by atomic mass is 79.9. The molecule has 0 spiro atoms. The van der Waals surface area contributed by atoms with E-state index in [1.807, 2.05) is 27.0 Å². The molecule has 0 saturated heterocycles. The van der Waals surface area contributed by atoms with Crippen LogP contribution >= 0.6 is 27.7 Å². The summed E-state index contributed by atoms with van der Waals surface area (Å²) in [5.74, 6) is 1.33. The van der Waals surface area contributed by atoms with E-state index in [0.29, 0.717) is 18.3 Å². The van der Waals surface area contributed by atoms with Gasteiger partial charge < -0.3 is 9.73 Å². The molecule has 2 N–H and O–H groups in total. The van der Waals surface area contributed by atoms with E-state index in [9.17, 15) is 8.42 Å². The number of hydrogen-bond donors (Lipinski definition) is 2. The van der Waals surface area contributed by atoms with Crippen LogP contribution in [0.3, 0.4) is 0 Å². The van der Waals surface area contributed by atoms with Crippen LogP contribution in [-0.2, 0) is 16.6 Å². The van der Waals surface area contributed by atoms with E-state index >= 15 is 0 Å². The second-order valence-electron chi connectivity index (χ2n) is 5.07. The van der Waals surface area contributed by atoms with Gasteiger partial charge in [0, 0.05) is 23.9 Å². The average molecular weight is 399 g/mol. The van der Waals surface area contributed by atoms with Gasteiger partial charge >= 0.3 is 0 Å². The Kier molecular flexibility index (Phi) is 7.77. The summed E-state index contributed by atoms with van der Waals surface area (Å²) in [6.45, 7) is 6.50. The lowest BCUT2D eigenvalue weighted by Crippen LogP contribution is -2.36. The van der Waals surface area contributed by atoms with Gasteiger partial charge in [-0.05, 0) is 28.6 Å². The molecule has 0 aromatic carbocycles. The molecule has 1 aromatic rings. The van der Waals surface area contributed by atoms with Crippen LogP contribution in [0.4, 0.5) is 0 Å². The van der Waals surface area contributed by atoms with Crippen LogP contribution in [0, 0.1) is 0 Å². The Morgan fingerprint density at radius 1 is 1.43 bits per heavy atom. The summed E-state index contributed by atoms with van der Waals surface area (Å²) in [4.78, 5) is 0.155. The van der Waals surface area contributed by atoms with Crippen LogP contribution in [-0.4, -0.2) is 32.5 Å². The molecule has 1 aromatic heterocycles. The topological polar surface area (TPSA) is 71.3 Å². The maximum Gasteiger partial charge on any atom is 0.245 e. The highest BCUT2D eigenvalue weighted by Crippen LogP contribution is 2.26. The Morgan fingerprint density at radius 3 is 2.62 bits per heavy atom. The van der Waals surface area contributed by atoms with Crippen molar-refractivity contribution < 1.29 is 12.8 Å². The highest BCUT2D eigenvalue weighted by Gasteiger charge is 2.25. The fourth-order valence-electron chi connectivity index (χ4n) is 1.69. The minimum atomic E-state index is -3.57. The molecule has 0 fully saturated rings. The number of furan rings is 1. The maximum atomic E-state index is 12.4. The summed E-state index contributed by atoms with van der Waals surface area (Å²) in [5, 5.41) is 3.19. The maximum absolute atomic E-state index is 12.4. The predicted octanol–water partition coefficient (Wildman–Crippen LogP) is 2.96. The first-order valence-corrected chi connectivity index (χ1v) is 10.5. The lowest BCUT2D eigenvalue weighted by molar-refractivity contribution is 0.446. The molecule has 5 nitrogen and oxygen atoms in total. The van der Waals surface area contributed by atoms with E-state index in [1.54, 1.807) is 17.8 Å². The molecular formula is C13H23BrN2O3S2. The third-order valence-electron chi connectivity index (χ3n) is 2.86. The Hall–Kier alpha value is -0.0200. The monoisotopic (exact) mass is 398 g/mol. The van der Waals surface area contributed by atoms with Crippen molar-refractivity contribution in [3.63, 3.8) is 0 Å². The minimum absolute atomic E-state index is 0.0796. The zero-order chi connectivity index (χ0) is 16.0. The summed E-state index contributed by atoms with van der Waals surface area (Å²) in [7, 11) is -3.57. The van der Waals surface area contributed by atoms with Crippen molar-refractivity contribution in [1.82, 2.24) is 10.0 Å². The van der Waals surface area contributed by atoms with Gasteiger partial charge in [-0.15, -0.1) is 0 Å². The first-order chi connectivity index (χ1) is 9.80. The lowest BCUT2D eigenvalue weighted by atomic mass is 10.3. The van der Waals surface area contributed by atoms with E-state index in [-0.39, 0.29) is 15.6 Å². The van der Waals surface area contributed by atoms with E-state index in [0.717, 1.165) is 12.2 Å². The van der Waals surface area contributed by atoms with E-state index in [2.05, 4.69) is 26.0 Å². The molecule has 1 atom stereocenters. The predicted molar refractivity (Wildman–Crippen MR) is 91.2 cm³/mol. The molecule has 21 heavy (non-hydrogen) atoms. The smallest absolute Gasteiger partial charge is 0.245 e. The molecule has 0 saturated carbocycles. The summed E-state index contributed by atoms with van der Waals surface area (Å²) in [6, 6.07) is 1.79. The zero-order valence-electron chi connectivity index (χ0n) is 12.8. The lowest BCUT2D eigenvalue weighted by Gasteiger charge is -2.15. The normalized spacial score (nSPS) is 13.8. The second-order valence-corrected chi connectivity index (χ2v) is 8.38. The van der Waals surface area contributed by atoms with Crippen molar-refractivity contribution in [3.8, 4) is 0 Å². The summed E-state index contributed by atoms with van der Waals surface area (Å²) in [6.07, 6.45) is 2.71. The van der Waals surface area contributed by atoms with Crippen molar-refractivity contribution in [1.29, 1.82) is 0 Å². The van der Waals surface area contributed by atoms with E-state index in [1.165, 1.54) is 0 Å². The van der Waals surface area contributed by atoms with Crippen LogP contribution < -0.4 is 10.0 Å². The van der Waals surface area contributed by atoms with Crippen LogP contribution in [0.5, 0.6) is 0 Å². The van der Waals surface area contributed by atoms with Crippen molar-refractivity contribution in [2.24, 2.45) is 0 Å². The molecule has 0 radical (unpaired) electrons. The fourth-order valence-corrected chi connectivity index (χ4v) is 4.84. The zero-order valence-corrected chi connectivity index (χ0v) is 16.0. The summed E-state index contributed by atoms with van der Waals surface area (Å²) < 4.78 is 33.3. The van der Waals surface area contributed by atoms with Crippen LogP contribution in [0.2, 0.25) is 0 Å². The first-order valence-electron chi connectivity index (χ1n) is 6.83. The average Bonchev–Trinajstić information content (AvgIpc) is 2.77. The Balaban J connectivity index is 2.87. The van der Waals surface area contributed by atoms with Gasteiger partial charge in [0.05, 0.1) is 6.54 Å². The number of halogens is 1. The molecular weight excluding hydrogens is 376 g/mol. The summed E-state index contributed by atoms with van der Waals surface area (Å²) in [5.41, 5.74) is 0. The van der Waals surface area contributed by atoms with Crippen LogP contribution in [0.15, 0.2) is 20.0 Å². The summed E-state index contributed by atoms with van der Waals surface area (Å²) >= 11 is 4.81. The number of hydrogen-bond acceptors (Lipinski definition) is 5. The van der Waals surface area contributed by atoms with Crippen molar-refractivity contribution in [3.05, 3.63) is 16.5 Å². The van der Waals surface area contributed by atoms with E-state index < -0.39 is 10.0 Å². The van der Waals surface area contributed by atoms with Gasteiger partial charge in [0.2, 0.25) is 10.0 Å². The van der Waals surface area contributed by atoms with Gasteiger partial charge in [0.15, 0.2) is 4.67 Å². The minimum Gasteiger partial charge on any atom is -0.452 e. The second kappa shape index (κ2) is 8.57. The molecule has 0 aliphatic carbocycles. The largest absolute Gasteiger partial charge is 0.452 e. The van der Waals surface area contributed by atoms with Gasteiger partial charge in [-0.2, -0.15) is 11.8 Å². The molecule has 0 aliphatic rings. The van der Waals surface area contributed by atoms with Crippen molar-refractivity contribution >= 4 is 37.7 Å². The van der Waals surface area contributed by atoms with Gasteiger partial charge in [0.25, 0.3) is 0 Å². The van der Waals surface area contributed by atoms with E-state index in [4.69, 9.17) is 4.42 Å². The van der Waals surface area contributed by atoms with Crippen LogP contribution in [0.1, 0.15) is 33.0 Å². The van der Waals surface area contributed by atoms with Crippen molar-refractivity contribution in [2.75, 3.05) is 12.0 Å². The fraction of sp³-hybridized carbons (Fsp3) is 0.692. The number of nitrogens with one attached hydrogen (secondary N) is 2. The first kappa shape index (κ1) is 19.0. The molecule has 8 heteroatoms. The Bertz CT molecular complexity index is 544. The third-order valence-corrected chi connectivity index (χ3v) is 5.98.